The summed E-state index contributed by atoms with van der Waals surface area (Å²) in [7, 11) is 0. The Kier molecular flexibility index (Phi) is 4.35. The average Bonchev–Trinajstić information content (AvgIpc) is 3.03. The number of hydrogen-bond donors (Lipinski definition) is 0. The van der Waals surface area contributed by atoms with Gasteiger partial charge in [0.15, 0.2) is 0 Å². The van der Waals surface area contributed by atoms with Crippen LogP contribution in [-0.4, -0.2) is 5.91 Å². The third-order valence-corrected chi connectivity index (χ3v) is 5.29. The van der Waals surface area contributed by atoms with Crippen LogP contribution in [-0.2, 0) is 4.79 Å². The van der Waals surface area contributed by atoms with Crippen molar-refractivity contribution in [3.05, 3.63) is 102 Å². The topological polar surface area (TPSA) is 20.3 Å². The van der Waals surface area contributed by atoms with Crippen molar-refractivity contribution in [2.24, 2.45) is 5.41 Å². The number of fused-ring (bicyclic) bond motifs is 1. The van der Waals surface area contributed by atoms with E-state index < -0.39 is 5.41 Å². The lowest BCUT2D eigenvalue weighted by molar-refractivity contribution is -0.126. The first-order valence-corrected chi connectivity index (χ1v) is 9.51. The fourth-order valence-electron chi connectivity index (χ4n) is 4.05. The minimum Gasteiger partial charge on any atom is -0.303 e. The van der Waals surface area contributed by atoms with E-state index in [1.54, 1.807) is 0 Å². The van der Waals surface area contributed by atoms with Crippen LogP contribution < -0.4 is 4.90 Å². The molecule has 0 bridgehead atoms. The molecule has 3 aromatic carbocycles. The fourth-order valence-corrected chi connectivity index (χ4v) is 4.05. The Morgan fingerprint density at radius 3 is 1.85 bits per heavy atom. The number of carbonyl (C=O) groups excluding carboxylic acids is 1. The van der Waals surface area contributed by atoms with E-state index in [1.165, 1.54) is 16.7 Å². The highest BCUT2D eigenvalue weighted by molar-refractivity contribution is 6.00. The maximum absolute atomic E-state index is 13.5. The van der Waals surface area contributed by atoms with Crippen molar-refractivity contribution in [1.82, 2.24) is 0 Å². The van der Waals surface area contributed by atoms with Crippen molar-refractivity contribution in [2.45, 2.75) is 32.7 Å². The monoisotopic (exact) mass is 355 g/mol. The zero-order valence-electron chi connectivity index (χ0n) is 16.1. The Morgan fingerprint density at radius 1 is 0.741 bits per heavy atom. The summed E-state index contributed by atoms with van der Waals surface area (Å²) in [6.45, 7) is 5.99. The van der Waals surface area contributed by atoms with E-state index in [1.807, 2.05) is 43.9 Å². The molecule has 4 rings (SSSR count). The van der Waals surface area contributed by atoms with Crippen LogP contribution >= 0.6 is 0 Å². The number of nitrogens with zero attached hydrogens (tertiary/aromatic N) is 1. The number of benzene rings is 3. The largest absolute Gasteiger partial charge is 0.303 e. The maximum atomic E-state index is 13.5. The lowest BCUT2D eigenvalue weighted by Crippen LogP contribution is -2.41. The molecule has 136 valence electrons. The third kappa shape index (κ3) is 3.06. The zero-order chi connectivity index (χ0) is 19.0. The standard InChI is InChI=1S/C25H25NO/c1-25(2,3)24(27)26-21-17-11-10-16-20(21)22(18-12-6-4-7-13-18)23(26)19-14-8-5-9-15-19/h4-17,22-23H,1-3H3/t22-,23+/m1/s1. The van der Waals surface area contributed by atoms with Crippen molar-refractivity contribution in [3.8, 4) is 0 Å². The summed E-state index contributed by atoms with van der Waals surface area (Å²) < 4.78 is 0. The van der Waals surface area contributed by atoms with Gasteiger partial charge in [0.1, 0.15) is 0 Å². The lowest BCUT2D eigenvalue weighted by Gasteiger charge is -2.34. The molecule has 2 nitrogen and oxygen atoms in total. The molecule has 0 radical (unpaired) electrons. The summed E-state index contributed by atoms with van der Waals surface area (Å²) in [5.41, 5.74) is 4.20. The summed E-state index contributed by atoms with van der Waals surface area (Å²) in [4.78, 5) is 15.5. The summed E-state index contributed by atoms with van der Waals surface area (Å²) >= 11 is 0. The van der Waals surface area contributed by atoms with E-state index in [-0.39, 0.29) is 17.9 Å². The molecule has 0 aromatic heterocycles. The van der Waals surface area contributed by atoms with Gasteiger partial charge in [-0.05, 0) is 22.8 Å². The van der Waals surface area contributed by atoms with Crippen LogP contribution in [0.5, 0.6) is 0 Å². The molecule has 2 atom stereocenters. The zero-order valence-corrected chi connectivity index (χ0v) is 16.1. The Morgan fingerprint density at radius 2 is 1.26 bits per heavy atom. The van der Waals surface area contributed by atoms with Gasteiger partial charge < -0.3 is 4.90 Å². The smallest absolute Gasteiger partial charge is 0.232 e. The maximum Gasteiger partial charge on any atom is 0.232 e. The minimum atomic E-state index is -0.453. The molecule has 1 aliphatic rings. The van der Waals surface area contributed by atoms with Gasteiger partial charge in [0.25, 0.3) is 0 Å². The first kappa shape index (κ1) is 17.5. The molecule has 0 fully saturated rings. The number of rotatable bonds is 2. The third-order valence-electron chi connectivity index (χ3n) is 5.29. The molecular formula is C25H25NO. The van der Waals surface area contributed by atoms with E-state index in [4.69, 9.17) is 0 Å². The van der Waals surface area contributed by atoms with Gasteiger partial charge in [0, 0.05) is 17.0 Å². The normalized spacial score (nSPS) is 19.0. The second kappa shape index (κ2) is 6.70. The fraction of sp³-hybridized carbons (Fsp3) is 0.240. The first-order chi connectivity index (χ1) is 13.0. The van der Waals surface area contributed by atoms with Crippen LogP contribution in [0.1, 0.15) is 49.4 Å². The van der Waals surface area contributed by atoms with Crippen LogP contribution in [0.2, 0.25) is 0 Å². The molecule has 1 aliphatic heterocycles. The van der Waals surface area contributed by atoms with Crippen molar-refractivity contribution in [1.29, 1.82) is 0 Å². The van der Waals surface area contributed by atoms with E-state index in [2.05, 4.69) is 66.7 Å². The minimum absolute atomic E-state index is 0.0438. The molecule has 0 unspecified atom stereocenters. The Bertz CT molecular complexity index is 941. The molecule has 0 aliphatic carbocycles. The van der Waals surface area contributed by atoms with E-state index in [0.717, 1.165) is 5.69 Å². The first-order valence-electron chi connectivity index (χ1n) is 9.51. The second-order valence-corrected chi connectivity index (χ2v) is 8.23. The van der Waals surface area contributed by atoms with Crippen LogP contribution in [0.4, 0.5) is 5.69 Å². The van der Waals surface area contributed by atoms with E-state index in [0.29, 0.717) is 0 Å². The quantitative estimate of drug-likeness (QED) is 0.556. The van der Waals surface area contributed by atoms with Crippen molar-refractivity contribution in [3.63, 3.8) is 0 Å². The highest BCUT2D eigenvalue weighted by atomic mass is 16.2. The van der Waals surface area contributed by atoms with Gasteiger partial charge in [-0.1, -0.05) is 99.6 Å². The van der Waals surface area contributed by atoms with Gasteiger partial charge in [0.2, 0.25) is 5.91 Å². The second-order valence-electron chi connectivity index (χ2n) is 8.23. The Labute approximate surface area is 161 Å². The highest BCUT2D eigenvalue weighted by Crippen LogP contribution is 2.52. The van der Waals surface area contributed by atoms with Gasteiger partial charge in [-0.3, -0.25) is 4.79 Å². The molecular weight excluding hydrogens is 330 g/mol. The summed E-state index contributed by atoms with van der Waals surface area (Å²) in [5.74, 6) is 0.276. The van der Waals surface area contributed by atoms with Crippen molar-refractivity contribution >= 4 is 11.6 Å². The summed E-state index contributed by atoms with van der Waals surface area (Å²) in [6, 6.07) is 29.2. The van der Waals surface area contributed by atoms with Gasteiger partial charge >= 0.3 is 0 Å². The Hall–Kier alpha value is -2.87. The van der Waals surface area contributed by atoms with Crippen LogP contribution in [0.25, 0.3) is 0 Å². The lowest BCUT2D eigenvalue weighted by atomic mass is 9.84. The summed E-state index contributed by atoms with van der Waals surface area (Å²) in [5, 5.41) is 0. The predicted molar refractivity (Wildman–Crippen MR) is 111 cm³/mol. The van der Waals surface area contributed by atoms with Crippen LogP contribution in [0, 0.1) is 5.41 Å². The van der Waals surface area contributed by atoms with Gasteiger partial charge in [-0.15, -0.1) is 0 Å². The molecule has 0 saturated carbocycles. The van der Waals surface area contributed by atoms with Gasteiger partial charge in [-0.25, -0.2) is 0 Å². The average molecular weight is 355 g/mol. The number of para-hydroxylation sites is 1. The SMILES string of the molecule is CC(C)(C)C(=O)N1c2ccccc2[C@@H](c2ccccc2)[C@@H]1c1ccccc1. The molecule has 2 heteroatoms. The van der Waals surface area contributed by atoms with Crippen LogP contribution in [0.3, 0.4) is 0 Å². The molecule has 0 N–H and O–H groups in total. The van der Waals surface area contributed by atoms with E-state index in [9.17, 15) is 4.79 Å². The number of amides is 1. The van der Waals surface area contributed by atoms with E-state index >= 15 is 0 Å². The highest BCUT2D eigenvalue weighted by Gasteiger charge is 2.45. The molecule has 0 saturated heterocycles. The van der Waals surface area contributed by atoms with Gasteiger partial charge in [-0.2, -0.15) is 0 Å². The molecule has 1 heterocycles. The number of hydrogen-bond acceptors (Lipinski definition) is 1. The number of anilines is 1. The molecule has 0 spiro atoms. The van der Waals surface area contributed by atoms with Gasteiger partial charge in [0.05, 0.1) is 6.04 Å². The van der Waals surface area contributed by atoms with Crippen molar-refractivity contribution in [2.75, 3.05) is 4.90 Å². The summed E-state index contributed by atoms with van der Waals surface area (Å²) in [6.07, 6.45) is 0. The van der Waals surface area contributed by atoms with Crippen LogP contribution in [0.15, 0.2) is 84.9 Å². The number of carbonyl (C=O) groups is 1. The predicted octanol–water partition coefficient (Wildman–Crippen LogP) is 5.95. The Balaban J connectivity index is 1.96. The molecule has 3 aromatic rings. The van der Waals surface area contributed by atoms with Crippen molar-refractivity contribution < 1.29 is 4.79 Å². The molecule has 27 heavy (non-hydrogen) atoms. The molecule has 1 amide bonds.